The maximum atomic E-state index is 11.0. The largest absolute Gasteiger partial charge is 0.379 e. The number of morpholine rings is 1. The SMILES string of the molecule is C=CS(=O)(=O)CC[N]N1CCOCC1. The van der Waals surface area contributed by atoms with E-state index in [1.807, 2.05) is 5.01 Å². The molecule has 1 heterocycles. The number of sulfone groups is 1. The third-order valence-corrected chi connectivity index (χ3v) is 3.18. The Balaban J connectivity index is 2.17. The molecule has 0 aromatic heterocycles. The van der Waals surface area contributed by atoms with Crippen LogP contribution >= 0.6 is 0 Å². The highest BCUT2D eigenvalue weighted by atomic mass is 32.2. The standard InChI is InChI=1S/C8H15N2O3S/c1-2-14(11,12)8-3-9-10-4-6-13-7-5-10/h2H,1,3-8H2. The number of nitrogens with zero attached hydrogens (tertiary/aromatic N) is 2. The van der Waals surface area contributed by atoms with Gasteiger partial charge in [-0.15, -0.1) is 0 Å². The molecule has 0 unspecified atom stereocenters. The van der Waals surface area contributed by atoms with Crippen LogP contribution in [0.4, 0.5) is 0 Å². The third kappa shape index (κ3) is 4.19. The van der Waals surface area contributed by atoms with Crippen molar-refractivity contribution in [2.45, 2.75) is 0 Å². The number of rotatable bonds is 5. The van der Waals surface area contributed by atoms with E-state index in [4.69, 9.17) is 4.74 Å². The average molecular weight is 219 g/mol. The van der Waals surface area contributed by atoms with Gasteiger partial charge in [0.2, 0.25) is 0 Å². The molecule has 14 heavy (non-hydrogen) atoms. The molecule has 81 valence electrons. The lowest BCUT2D eigenvalue weighted by Gasteiger charge is -2.25. The molecule has 1 radical (unpaired) electrons. The van der Waals surface area contributed by atoms with Gasteiger partial charge in [-0.3, -0.25) is 0 Å². The lowest BCUT2D eigenvalue weighted by atomic mass is 10.5. The van der Waals surface area contributed by atoms with Gasteiger partial charge >= 0.3 is 0 Å². The molecule has 6 heteroatoms. The second-order valence-corrected chi connectivity index (χ2v) is 5.03. The fourth-order valence-electron chi connectivity index (χ4n) is 1.09. The first kappa shape index (κ1) is 11.6. The maximum Gasteiger partial charge on any atom is 0.172 e. The van der Waals surface area contributed by atoms with E-state index in [0.717, 1.165) is 18.5 Å². The molecular weight excluding hydrogens is 204 g/mol. The third-order valence-electron chi connectivity index (χ3n) is 1.92. The first-order valence-electron chi connectivity index (χ1n) is 4.49. The summed E-state index contributed by atoms with van der Waals surface area (Å²) in [7, 11) is -3.11. The summed E-state index contributed by atoms with van der Waals surface area (Å²) in [6.45, 7) is 6.35. The summed E-state index contributed by atoms with van der Waals surface area (Å²) < 4.78 is 27.2. The summed E-state index contributed by atoms with van der Waals surface area (Å²) in [4.78, 5) is 0. The van der Waals surface area contributed by atoms with Crippen LogP contribution in [-0.2, 0) is 14.6 Å². The molecule has 1 saturated heterocycles. The van der Waals surface area contributed by atoms with E-state index in [0.29, 0.717) is 19.8 Å². The molecule has 0 saturated carbocycles. The van der Waals surface area contributed by atoms with Crippen molar-refractivity contribution in [3.63, 3.8) is 0 Å². The van der Waals surface area contributed by atoms with E-state index < -0.39 is 9.84 Å². The van der Waals surface area contributed by atoms with Crippen molar-refractivity contribution >= 4 is 9.84 Å². The van der Waals surface area contributed by atoms with E-state index in [2.05, 4.69) is 12.0 Å². The Hall–Kier alpha value is -0.430. The fourth-order valence-corrected chi connectivity index (χ4v) is 1.59. The van der Waals surface area contributed by atoms with Crippen molar-refractivity contribution in [1.29, 1.82) is 0 Å². The summed E-state index contributed by atoms with van der Waals surface area (Å²) in [5, 5.41) is 2.82. The predicted octanol–water partition coefficient (Wildman–Crippen LogP) is -0.604. The monoisotopic (exact) mass is 219 g/mol. The van der Waals surface area contributed by atoms with Crippen molar-refractivity contribution in [1.82, 2.24) is 10.4 Å². The van der Waals surface area contributed by atoms with Gasteiger partial charge in [0.15, 0.2) is 9.84 Å². The molecule has 0 aliphatic carbocycles. The van der Waals surface area contributed by atoms with E-state index in [9.17, 15) is 8.42 Å². The quantitative estimate of drug-likeness (QED) is 0.619. The molecule has 1 rings (SSSR count). The Morgan fingerprint density at radius 3 is 2.64 bits per heavy atom. The second kappa shape index (κ2) is 5.45. The molecule has 0 spiro atoms. The summed E-state index contributed by atoms with van der Waals surface area (Å²) in [6, 6.07) is 0. The molecule has 5 nitrogen and oxygen atoms in total. The van der Waals surface area contributed by atoms with Crippen LogP contribution < -0.4 is 5.43 Å². The molecule has 0 atom stereocenters. The fraction of sp³-hybridized carbons (Fsp3) is 0.750. The van der Waals surface area contributed by atoms with Crippen molar-refractivity contribution in [3.8, 4) is 0 Å². The van der Waals surface area contributed by atoms with Crippen LogP contribution in [0.3, 0.4) is 0 Å². The van der Waals surface area contributed by atoms with Crippen LogP contribution in [0.25, 0.3) is 0 Å². The van der Waals surface area contributed by atoms with Gasteiger partial charge in [-0.25, -0.2) is 13.4 Å². The van der Waals surface area contributed by atoms with Gasteiger partial charge in [0, 0.05) is 25.0 Å². The maximum absolute atomic E-state index is 11.0. The van der Waals surface area contributed by atoms with Crippen molar-refractivity contribution in [2.75, 3.05) is 38.6 Å². The Morgan fingerprint density at radius 1 is 1.43 bits per heavy atom. The van der Waals surface area contributed by atoms with Crippen molar-refractivity contribution < 1.29 is 13.2 Å². The Labute approximate surface area is 84.6 Å². The van der Waals surface area contributed by atoms with E-state index in [1.165, 1.54) is 0 Å². The minimum Gasteiger partial charge on any atom is -0.379 e. The molecule has 0 bridgehead atoms. The van der Waals surface area contributed by atoms with Gasteiger partial charge < -0.3 is 4.74 Å². The van der Waals surface area contributed by atoms with E-state index in [1.54, 1.807) is 0 Å². The Kier molecular flexibility index (Phi) is 4.53. The highest BCUT2D eigenvalue weighted by molar-refractivity contribution is 7.94. The normalized spacial score (nSPS) is 19.4. The van der Waals surface area contributed by atoms with Gasteiger partial charge in [-0.05, 0) is 0 Å². The minimum absolute atomic E-state index is 0.0356. The number of hydrogen-bond donors (Lipinski definition) is 0. The first-order chi connectivity index (χ1) is 6.64. The van der Waals surface area contributed by atoms with Crippen molar-refractivity contribution in [2.24, 2.45) is 0 Å². The Bertz CT molecular complexity index is 270. The zero-order chi connectivity index (χ0) is 10.4. The van der Waals surface area contributed by atoms with Gasteiger partial charge in [0.25, 0.3) is 0 Å². The molecule has 1 aliphatic rings. The van der Waals surface area contributed by atoms with E-state index >= 15 is 0 Å². The van der Waals surface area contributed by atoms with Crippen LogP contribution in [0, 0.1) is 0 Å². The number of hydrogen-bond acceptors (Lipinski definition) is 4. The van der Waals surface area contributed by atoms with Gasteiger partial charge in [0.1, 0.15) is 0 Å². The molecule has 0 aromatic rings. The summed E-state index contributed by atoms with van der Waals surface area (Å²) >= 11 is 0. The highest BCUT2D eigenvalue weighted by Crippen LogP contribution is 1.95. The van der Waals surface area contributed by atoms with Crippen LogP contribution in [0.15, 0.2) is 12.0 Å². The number of ether oxygens (including phenoxy) is 1. The molecule has 0 aromatic carbocycles. The minimum atomic E-state index is -3.11. The second-order valence-electron chi connectivity index (χ2n) is 2.96. The summed E-state index contributed by atoms with van der Waals surface area (Å²) in [5.74, 6) is 0.0356. The lowest BCUT2D eigenvalue weighted by molar-refractivity contribution is 0.0106. The summed E-state index contributed by atoms with van der Waals surface area (Å²) in [6.07, 6.45) is 0. The average Bonchev–Trinajstić information content (AvgIpc) is 2.19. The van der Waals surface area contributed by atoms with Crippen molar-refractivity contribution in [3.05, 3.63) is 12.0 Å². The van der Waals surface area contributed by atoms with E-state index in [-0.39, 0.29) is 5.75 Å². The molecule has 1 aliphatic heterocycles. The van der Waals surface area contributed by atoms with Gasteiger partial charge in [-0.1, -0.05) is 6.58 Å². The molecule has 0 amide bonds. The first-order valence-corrected chi connectivity index (χ1v) is 6.21. The molecular formula is C8H15N2O3S. The Morgan fingerprint density at radius 2 is 2.07 bits per heavy atom. The smallest absolute Gasteiger partial charge is 0.172 e. The van der Waals surface area contributed by atoms with Crippen LogP contribution in [0.1, 0.15) is 0 Å². The van der Waals surface area contributed by atoms with Crippen LogP contribution in [0.5, 0.6) is 0 Å². The summed E-state index contributed by atoms with van der Waals surface area (Å²) in [5.41, 5.74) is 4.14. The van der Waals surface area contributed by atoms with Gasteiger partial charge in [-0.2, -0.15) is 5.43 Å². The zero-order valence-corrected chi connectivity index (χ0v) is 8.87. The lowest BCUT2D eigenvalue weighted by Crippen LogP contribution is -2.42. The van der Waals surface area contributed by atoms with Gasteiger partial charge in [0.05, 0.1) is 19.0 Å². The molecule has 0 N–H and O–H groups in total. The predicted molar refractivity (Wildman–Crippen MR) is 53.4 cm³/mol. The highest BCUT2D eigenvalue weighted by Gasteiger charge is 2.12. The molecule has 1 fully saturated rings. The topological polar surface area (TPSA) is 60.7 Å². The van der Waals surface area contributed by atoms with Crippen LogP contribution in [0.2, 0.25) is 0 Å². The zero-order valence-electron chi connectivity index (χ0n) is 8.05. The van der Waals surface area contributed by atoms with Crippen LogP contribution in [-0.4, -0.2) is 52.0 Å².